The first-order chi connectivity index (χ1) is 14.5. The first-order valence-electron chi connectivity index (χ1n) is 9.32. The molecule has 0 fully saturated rings. The van der Waals surface area contributed by atoms with Gasteiger partial charge in [0, 0.05) is 6.04 Å². The Morgan fingerprint density at radius 1 is 1.17 bits per heavy atom. The number of hydrogen-bond donors (Lipinski definition) is 1. The molecule has 0 aliphatic heterocycles. The Labute approximate surface area is 181 Å². The highest BCUT2D eigenvalue weighted by atomic mass is 32.2. The Morgan fingerprint density at radius 3 is 2.57 bits per heavy atom. The van der Waals surface area contributed by atoms with Gasteiger partial charge in [0.25, 0.3) is 5.56 Å². The fraction of sp³-hybridized carbons (Fsp3) is 0.182. The van der Waals surface area contributed by atoms with Crippen LogP contribution in [-0.4, -0.2) is 25.4 Å². The third kappa shape index (κ3) is 3.70. The Bertz CT molecular complexity index is 1350. The minimum atomic E-state index is -0.117. The topological polar surface area (TPSA) is 91.8 Å². The summed E-state index contributed by atoms with van der Waals surface area (Å²) in [6.45, 7) is 3.83. The van der Waals surface area contributed by atoms with Crippen molar-refractivity contribution in [3.8, 4) is 6.07 Å². The predicted molar refractivity (Wildman–Crippen MR) is 122 cm³/mol. The van der Waals surface area contributed by atoms with Gasteiger partial charge in [-0.25, -0.2) is 9.97 Å². The van der Waals surface area contributed by atoms with E-state index in [-0.39, 0.29) is 28.7 Å². The number of benzene rings is 2. The maximum Gasteiger partial charge on any atom is 0.262 e. The van der Waals surface area contributed by atoms with Gasteiger partial charge in [-0.05, 0) is 38.1 Å². The lowest BCUT2D eigenvalue weighted by molar-refractivity contribution is 0.420. The summed E-state index contributed by atoms with van der Waals surface area (Å²) in [6, 6.07) is 16.8. The lowest BCUT2D eigenvalue weighted by Crippen LogP contribution is -2.25. The zero-order valence-corrected chi connectivity index (χ0v) is 18.0. The minimum absolute atomic E-state index is 0.0840. The van der Waals surface area contributed by atoms with Crippen LogP contribution in [0.4, 0.5) is 0 Å². The van der Waals surface area contributed by atoms with Gasteiger partial charge >= 0.3 is 0 Å². The van der Waals surface area contributed by atoms with E-state index in [1.807, 2.05) is 50.2 Å². The summed E-state index contributed by atoms with van der Waals surface area (Å²) >= 11 is 2.59. The minimum Gasteiger partial charge on any atom is -0.510 e. The van der Waals surface area contributed by atoms with Crippen LogP contribution in [0.5, 0.6) is 0 Å². The molecule has 0 aliphatic carbocycles. The standard InChI is InChI=1S/C22H18N4O2S2/c1-13(2)26-21(28)14-7-3-4-8-16(14)25-22(26)29-12-18(27)15(11-23)20-24-17-9-5-6-10-19(17)30-20/h3-10,13,27H,12H2,1-2H3/b18-15-. The second-order valence-electron chi connectivity index (χ2n) is 6.89. The molecule has 1 N–H and O–H groups in total. The number of para-hydroxylation sites is 2. The van der Waals surface area contributed by atoms with Gasteiger partial charge in [-0.3, -0.25) is 9.36 Å². The van der Waals surface area contributed by atoms with E-state index in [0.29, 0.717) is 21.1 Å². The van der Waals surface area contributed by atoms with E-state index in [4.69, 9.17) is 0 Å². The molecule has 0 amide bonds. The number of nitriles is 1. The van der Waals surface area contributed by atoms with Crippen molar-refractivity contribution < 1.29 is 5.11 Å². The Balaban J connectivity index is 1.71. The molecule has 8 heteroatoms. The third-order valence-electron chi connectivity index (χ3n) is 4.54. The second kappa shape index (κ2) is 8.30. The van der Waals surface area contributed by atoms with Crippen molar-refractivity contribution in [1.29, 1.82) is 5.26 Å². The van der Waals surface area contributed by atoms with Crippen molar-refractivity contribution >= 4 is 49.8 Å². The summed E-state index contributed by atoms with van der Waals surface area (Å²) in [5.74, 6) is 0.0234. The molecule has 0 unspecified atom stereocenters. The molecule has 0 saturated carbocycles. The zero-order valence-electron chi connectivity index (χ0n) is 16.4. The number of aromatic nitrogens is 3. The molecule has 0 radical (unpaired) electrons. The monoisotopic (exact) mass is 434 g/mol. The van der Waals surface area contributed by atoms with Crippen molar-refractivity contribution in [3.63, 3.8) is 0 Å². The normalized spacial score (nSPS) is 12.3. The SMILES string of the molecule is CC(C)n1c(SC/C(O)=C(\C#N)c2nc3ccccc3s2)nc2ccccc2c1=O. The Kier molecular flexibility index (Phi) is 5.57. The average molecular weight is 435 g/mol. The molecule has 30 heavy (non-hydrogen) atoms. The summed E-state index contributed by atoms with van der Waals surface area (Å²) in [5.41, 5.74) is 1.42. The third-order valence-corrected chi connectivity index (χ3v) is 6.56. The molecule has 2 heterocycles. The van der Waals surface area contributed by atoms with Gasteiger partial charge in [0.05, 0.1) is 26.9 Å². The number of allylic oxidation sites excluding steroid dienone is 1. The molecule has 4 aromatic rings. The smallest absolute Gasteiger partial charge is 0.262 e. The van der Waals surface area contributed by atoms with Crippen LogP contribution >= 0.6 is 23.1 Å². The highest BCUT2D eigenvalue weighted by molar-refractivity contribution is 7.99. The van der Waals surface area contributed by atoms with Crippen LogP contribution in [0.2, 0.25) is 0 Å². The number of nitrogens with zero attached hydrogens (tertiary/aromatic N) is 4. The van der Waals surface area contributed by atoms with E-state index in [1.54, 1.807) is 16.7 Å². The van der Waals surface area contributed by atoms with E-state index < -0.39 is 0 Å². The summed E-state index contributed by atoms with van der Waals surface area (Å²) in [6.07, 6.45) is 0. The fourth-order valence-electron chi connectivity index (χ4n) is 3.10. The molecule has 2 aromatic carbocycles. The first-order valence-corrected chi connectivity index (χ1v) is 11.1. The highest BCUT2D eigenvalue weighted by Crippen LogP contribution is 2.30. The molecule has 2 aromatic heterocycles. The van der Waals surface area contributed by atoms with E-state index in [2.05, 4.69) is 16.0 Å². The van der Waals surface area contributed by atoms with Gasteiger partial charge in [0.15, 0.2) is 5.16 Å². The Morgan fingerprint density at radius 2 is 1.87 bits per heavy atom. The van der Waals surface area contributed by atoms with Crippen LogP contribution in [0, 0.1) is 11.3 Å². The molecule has 0 saturated heterocycles. The largest absolute Gasteiger partial charge is 0.510 e. The summed E-state index contributed by atoms with van der Waals surface area (Å²) in [7, 11) is 0. The number of thioether (sulfide) groups is 1. The predicted octanol–water partition coefficient (Wildman–Crippen LogP) is 5.17. The zero-order chi connectivity index (χ0) is 21.3. The van der Waals surface area contributed by atoms with Crippen LogP contribution < -0.4 is 5.56 Å². The van der Waals surface area contributed by atoms with Gasteiger partial charge in [0.2, 0.25) is 0 Å². The number of aliphatic hydroxyl groups is 1. The van der Waals surface area contributed by atoms with E-state index in [9.17, 15) is 15.2 Å². The lowest BCUT2D eigenvalue weighted by Gasteiger charge is -2.16. The fourth-order valence-corrected chi connectivity index (χ4v) is 5.09. The van der Waals surface area contributed by atoms with Crippen molar-refractivity contribution in [1.82, 2.24) is 14.5 Å². The number of hydrogen-bond acceptors (Lipinski definition) is 7. The quantitative estimate of drug-likeness (QED) is 0.202. The molecule has 0 spiro atoms. The van der Waals surface area contributed by atoms with Crippen LogP contribution in [0.15, 0.2) is 64.2 Å². The van der Waals surface area contributed by atoms with Crippen LogP contribution in [0.25, 0.3) is 26.7 Å². The molecule has 6 nitrogen and oxygen atoms in total. The molecule has 150 valence electrons. The molecule has 0 bridgehead atoms. The second-order valence-corrected chi connectivity index (χ2v) is 8.86. The first kappa shape index (κ1) is 20.1. The summed E-state index contributed by atoms with van der Waals surface area (Å²) < 4.78 is 2.56. The van der Waals surface area contributed by atoms with Gasteiger partial charge in [0.1, 0.15) is 22.4 Å². The molecule has 0 aliphatic rings. The van der Waals surface area contributed by atoms with E-state index in [1.165, 1.54) is 23.1 Å². The van der Waals surface area contributed by atoms with Crippen molar-refractivity contribution in [2.45, 2.75) is 25.0 Å². The van der Waals surface area contributed by atoms with Gasteiger partial charge in [-0.1, -0.05) is 36.0 Å². The molecular weight excluding hydrogens is 416 g/mol. The van der Waals surface area contributed by atoms with Gasteiger partial charge in [-0.15, -0.1) is 11.3 Å². The van der Waals surface area contributed by atoms with E-state index in [0.717, 1.165) is 10.2 Å². The maximum absolute atomic E-state index is 12.9. The summed E-state index contributed by atoms with van der Waals surface area (Å²) in [5, 5.41) is 21.8. The van der Waals surface area contributed by atoms with Crippen molar-refractivity contribution in [2.75, 3.05) is 5.75 Å². The number of aliphatic hydroxyl groups excluding tert-OH is 1. The average Bonchev–Trinajstić information content (AvgIpc) is 3.16. The van der Waals surface area contributed by atoms with Crippen LogP contribution in [0.1, 0.15) is 24.9 Å². The molecule has 0 atom stereocenters. The summed E-state index contributed by atoms with van der Waals surface area (Å²) in [4.78, 5) is 22.0. The number of fused-ring (bicyclic) bond motifs is 2. The Hall–Kier alpha value is -3.15. The molecular formula is C22H18N4O2S2. The maximum atomic E-state index is 12.9. The molecule has 4 rings (SSSR count). The number of rotatable bonds is 5. The number of thiazole rings is 1. The van der Waals surface area contributed by atoms with Crippen molar-refractivity contribution in [2.24, 2.45) is 0 Å². The van der Waals surface area contributed by atoms with Crippen molar-refractivity contribution in [3.05, 3.63) is 69.7 Å². The highest BCUT2D eigenvalue weighted by Gasteiger charge is 2.17. The van der Waals surface area contributed by atoms with Gasteiger partial charge in [-0.2, -0.15) is 5.26 Å². The van der Waals surface area contributed by atoms with Crippen LogP contribution in [0.3, 0.4) is 0 Å². The van der Waals surface area contributed by atoms with E-state index >= 15 is 0 Å². The lowest BCUT2D eigenvalue weighted by atomic mass is 10.2. The van der Waals surface area contributed by atoms with Crippen LogP contribution in [-0.2, 0) is 0 Å². The van der Waals surface area contributed by atoms with Gasteiger partial charge < -0.3 is 5.11 Å².